The molecule has 0 bridgehead atoms. The lowest BCUT2D eigenvalue weighted by Crippen LogP contribution is -2.30. The second kappa shape index (κ2) is 7.40. The minimum Gasteiger partial charge on any atom is -0.324 e. The van der Waals surface area contributed by atoms with Crippen molar-refractivity contribution in [2.24, 2.45) is 0 Å². The van der Waals surface area contributed by atoms with Crippen molar-refractivity contribution < 1.29 is 13.6 Å². The fourth-order valence-corrected chi connectivity index (χ4v) is 2.67. The molecule has 1 amide bonds. The van der Waals surface area contributed by atoms with Gasteiger partial charge in [0, 0.05) is 17.1 Å². The number of anilines is 1. The summed E-state index contributed by atoms with van der Waals surface area (Å²) in [5.41, 5.74) is 1.32. The monoisotopic (exact) mass is 340 g/mol. The molecule has 0 unspecified atom stereocenters. The predicted molar refractivity (Wildman–Crippen MR) is 95.4 cm³/mol. The summed E-state index contributed by atoms with van der Waals surface area (Å²) in [5, 5.41) is 7.90. The molecule has 2 N–H and O–H groups in total. The third-order valence-corrected chi connectivity index (χ3v) is 4.08. The van der Waals surface area contributed by atoms with Gasteiger partial charge in [-0.25, -0.2) is 8.78 Å². The Balaban J connectivity index is 1.63. The summed E-state index contributed by atoms with van der Waals surface area (Å²) in [7, 11) is 0. The third-order valence-electron chi connectivity index (χ3n) is 4.08. The van der Waals surface area contributed by atoms with E-state index in [1.54, 1.807) is 6.92 Å². The summed E-state index contributed by atoms with van der Waals surface area (Å²) in [4.78, 5) is 12.2. The summed E-state index contributed by atoms with van der Waals surface area (Å²) < 4.78 is 26.3. The van der Waals surface area contributed by atoms with Crippen LogP contribution in [0.5, 0.6) is 0 Å². The second-order valence-corrected chi connectivity index (χ2v) is 5.85. The molecular weight excluding hydrogens is 322 g/mol. The second-order valence-electron chi connectivity index (χ2n) is 5.85. The van der Waals surface area contributed by atoms with E-state index in [1.165, 1.54) is 6.07 Å². The van der Waals surface area contributed by atoms with Crippen LogP contribution in [0.3, 0.4) is 0 Å². The zero-order valence-electron chi connectivity index (χ0n) is 13.7. The van der Waals surface area contributed by atoms with E-state index in [2.05, 4.69) is 10.6 Å². The highest BCUT2D eigenvalue weighted by molar-refractivity contribution is 6.02. The molecule has 25 heavy (non-hydrogen) atoms. The average molecular weight is 340 g/mol. The van der Waals surface area contributed by atoms with Crippen molar-refractivity contribution in [2.45, 2.75) is 13.0 Å². The molecule has 0 fully saturated rings. The van der Waals surface area contributed by atoms with Crippen LogP contribution in [-0.2, 0) is 4.79 Å². The quantitative estimate of drug-likeness (QED) is 0.722. The van der Waals surface area contributed by atoms with E-state index in [-0.39, 0.29) is 18.5 Å². The Hall–Kier alpha value is -2.79. The number of halogens is 2. The van der Waals surface area contributed by atoms with Crippen molar-refractivity contribution in [2.75, 3.05) is 11.9 Å². The lowest BCUT2D eigenvalue weighted by molar-refractivity contribution is -0.115. The summed E-state index contributed by atoms with van der Waals surface area (Å²) in [5.74, 6) is -1.98. The molecule has 0 spiro atoms. The van der Waals surface area contributed by atoms with Crippen LogP contribution in [-0.4, -0.2) is 12.5 Å². The van der Waals surface area contributed by atoms with Crippen LogP contribution in [0.15, 0.2) is 60.7 Å². The van der Waals surface area contributed by atoms with E-state index < -0.39 is 11.6 Å². The Morgan fingerprint density at radius 1 is 1.00 bits per heavy atom. The van der Waals surface area contributed by atoms with E-state index in [0.717, 1.165) is 28.6 Å². The topological polar surface area (TPSA) is 41.1 Å². The maximum absolute atomic E-state index is 13.3. The van der Waals surface area contributed by atoms with Gasteiger partial charge in [0.1, 0.15) is 0 Å². The molecule has 128 valence electrons. The number of amides is 1. The molecule has 3 aromatic rings. The average Bonchev–Trinajstić information content (AvgIpc) is 2.62. The molecule has 0 saturated carbocycles. The van der Waals surface area contributed by atoms with Crippen molar-refractivity contribution in [1.29, 1.82) is 0 Å². The highest BCUT2D eigenvalue weighted by Gasteiger charge is 2.11. The Morgan fingerprint density at radius 2 is 1.76 bits per heavy atom. The first-order valence-corrected chi connectivity index (χ1v) is 8.00. The van der Waals surface area contributed by atoms with Gasteiger partial charge in [0.15, 0.2) is 11.6 Å². The van der Waals surface area contributed by atoms with Gasteiger partial charge >= 0.3 is 0 Å². The number of carbonyl (C=O) groups excluding carboxylic acids is 1. The van der Waals surface area contributed by atoms with E-state index >= 15 is 0 Å². The van der Waals surface area contributed by atoms with Crippen LogP contribution in [0.2, 0.25) is 0 Å². The minimum atomic E-state index is -0.897. The summed E-state index contributed by atoms with van der Waals surface area (Å²) in [6, 6.07) is 16.9. The molecule has 0 heterocycles. The van der Waals surface area contributed by atoms with Gasteiger partial charge in [0.25, 0.3) is 0 Å². The van der Waals surface area contributed by atoms with Gasteiger partial charge in [0.2, 0.25) is 5.91 Å². The predicted octanol–water partition coefficient (Wildman–Crippen LogP) is 4.41. The number of fused-ring (bicyclic) bond motifs is 1. The molecule has 3 rings (SSSR count). The highest BCUT2D eigenvalue weighted by Crippen LogP contribution is 2.23. The molecule has 0 saturated heterocycles. The van der Waals surface area contributed by atoms with E-state index in [4.69, 9.17) is 0 Å². The standard InChI is InChI=1S/C20H18F2N2O/c1-13(15-9-10-17(21)18(22)11-15)23-12-20(25)24-19-8-4-6-14-5-2-3-7-16(14)19/h2-11,13,23H,12H2,1H3,(H,24,25)/t13-/m1/s1. The first kappa shape index (κ1) is 17.0. The molecule has 0 aliphatic heterocycles. The van der Waals surface area contributed by atoms with Gasteiger partial charge in [-0.3, -0.25) is 4.79 Å². The molecule has 0 aliphatic carbocycles. The van der Waals surface area contributed by atoms with Crippen molar-refractivity contribution >= 4 is 22.4 Å². The van der Waals surface area contributed by atoms with Crippen molar-refractivity contribution in [3.63, 3.8) is 0 Å². The molecule has 0 radical (unpaired) electrons. The third kappa shape index (κ3) is 4.00. The molecule has 3 aromatic carbocycles. The molecule has 0 aromatic heterocycles. The SMILES string of the molecule is C[C@@H](NCC(=O)Nc1cccc2ccccc12)c1ccc(F)c(F)c1. The van der Waals surface area contributed by atoms with Gasteiger partial charge in [0.05, 0.1) is 6.54 Å². The molecule has 1 atom stereocenters. The maximum Gasteiger partial charge on any atom is 0.238 e. The van der Waals surface area contributed by atoms with Crippen molar-refractivity contribution in [1.82, 2.24) is 5.32 Å². The van der Waals surface area contributed by atoms with Gasteiger partial charge in [-0.05, 0) is 36.1 Å². The van der Waals surface area contributed by atoms with E-state index in [9.17, 15) is 13.6 Å². The van der Waals surface area contributed by atoms with Crippen LogP contribution in [0, 0.1) is 11.6 Å². The first-order valence-electron chi connectivity index (χ1n) is 8.00. The first-order chi connectivity index (χ1) is 12.0. The minimum absolute atomic E-state index is 0.0589. The van der Waals surface area contributed by atoms with Crippen molar-refractivity contribution in [3.8, 4) is 0 Å². The summed E-state index contributed by atoms with van der Waals surface area (Å²) >= 11 is 0. The maximum atomic E-state index is 13.3. The lowest BCUT2D eigenvalue weighted by atomic mass is 10.1. The van der Waals surface area contributed by atoms with Crippen LogP contribution in [0.4, 0.5) is 14.5 Å². The van der Waals surface area contributed by atoms with E-state index in [0.29, 0.717) is 5.56 Å². The molecule has 5 heteroatoms. The fraction of sp³-hybridized carbons (Fsp3) is 0.150. The Kier molecular flexibility index (Phi) is 5.05. The number of hydrogen-bond acceptors (Lipinski definition) is 2. The fourth-order valence-electron chi connectivity index (χ4n) is 2.67. The van der Waals surface area contributed by atoms with Crippen LogP contribution in [0.25, 0.3) is 10.8 Å². The van der Waals surface area contributed by atoms with Gasteiger partial charge in [-0.1, -0.05) is 42.5 Å². The number of nitrogens with one attached hydrogen (secondary N) is 2. The zero-order chi connectivity index (χ0) is 17.8. The molecule has 0 aliphatic rings. The number of benzene rings is 3. The van der Waals surface area contributed by atoms with Gasteiger partial charge < -0.3 is 10.6 Å². The molecular formula is C20H18F2N2O. The Bertz CT molecular complexity index is 906. The molecule has 3 nitrogen and oxygen atoms in total. The summed E-state index contributed by atoms with van der Waals surface area (Å²) in [6.07, 6.45) is 0. The Labute approximate surface area is 144 Å². The van der Waals surface area contributed by atoms with Gasteiger partial charge in [-0.2, -0.15) is 0 Å². The van der Waals surface area contributed by atoms with Crippen molar-refractivity contribution in [3.05, 3.63) is 77.9 Å². The largest absolute Gasteiger partial charge is 0.324 e. The zero-order valence-corrected chi connectivity index (χ0v) is 13.7. The lowest BCUT2D eigenvalue weighted by Gasteiger charge is -2.15. The van der Waals surface area contributed by atoms with Crippen LogP contribution < -0.4 is 10.6 Å². The Morgan fingerprint density at radius 3 is 2.56 bits per heavy atom. The normalized spacial score (nSPS) is 12.1. The summed E-state index contributed by atoms with van der Waals surface area (Å²) in [6.45, 7) is 1.85. The smallest absolute Gasteiger partial charge is 0.238 e. The number of hydrogen-bond donors (Lipinski definition) is 2. The highest BCUT2D eigenvalue weighted by atomic mass is 19.2. The van der Waals surface area contributed by atoms with Crippen LogP contribution >= 0.6 is 0 Å². The van der Waals surface area contributed by atoms with E-state index in [1.807, 2.05) is 42.5 Å². The van der Waals surface area contributed by atoms with Crippen LogP contribution in [0.1, 0.15) is 18.5 Å². The number of carbonyl (C=O) groups is 1. The van der Waals surface area contributed by atoms with Gasteiger partial charge in [-0.15, -0.1) is 0 Å². The number of rotatable bonds is 5.